The van der Waals surface area contributed by atoms with Gasteiger partial charge in [0.2, 0.25) is 0 Å². The van der Waals surface area contributed by atoms with Crippen molar-refractivity contribution in [2.45, 2.75) is 39.2 Å². The highest BCUT2D eigenvalue weighted by molar-refractivity contribution is 7.09. The Bertz CT molecular complexity index is 501. The third kappa shape index (κ3) is 2.98. The number of aromatic nitrogens is 1. The monoisotopic (exact) mass is 261 g/mol. The molecule has 2 nitrogen and oxygen atoms in total. The molecule has 3 heteroatoms. The quantitative estimate of drug-likeness (QED) is 0.906. The fourth-order valence-corrected chi connectivity index (χ4v) is 2.77. The fraction of sp³-hybridized carbons (Fsp3) is 0.400. The molecule has 2 rings (SSSR count). The average molecular weight is 261 g/mol. The summed E-state index contributed by atoms with van der Waals surface area (Å²) in [6.07, 6.45) is 0.212. The third-order valence-corrected chi connectivity index (χ3v) is 4.19. The summed E-state index contributed by atoms with van der Waals surface area (Å²) >= 11 is 1.52. The summed E-state index contributed by atoms with van der Waals surface area (Å²) in [6.45, 7) is 6.31. The fourth-order valence-electron chi connectivity index (χ4n) is 1.99. The first-order valence-electron chi connectivity index (χ1n) is 6.25. The van der Waals surface area contributed by atoms with Crippen molar-refractivity contribution >= 4 is 11.3 Å². The van der Waals surface area contributed by atoms with Gasteiger partial charge in [-0.25, -0.2) is 4.98 Å². The van der Waals surface area contributed by atoms with Gasteiger partial charge in [0.1, 0.15) is 0 Å². The molecule has 1 heterocycles. The number of aliphatic hydroxyl groups is 1. The molecule has 96 valence electrons. The van der Waals surface area contributed by atoms with Gasteiger partial charge >= 0.3 is 0 Å². The van der Waals surface area contributed by atoms with E-state index >= 15 is 0 Å². The molecule has 1 N–H and O–H groups in total. The molecule has 0 spiro atoms. The molecule has 0 amide bonds. The average Bonchev–Trinajstić information content (AvgIpc) is 2.76. The van der Waals surface area contributed by atoms with Gasteiger partial charge in [-0.3, -0.25) is 0 Å². The lowest BCUT2D eigenvalue weighted by Gasteiger charge is -2.11. The minimum Gasteiger partial charge on any atom is -0.387 e. The van der Waals surface area contributed by atoms with Crippen molar-refractivity contribution in [3.8, 4) is 0 Å². The zero-order valence-corrected chi connectivity index (χ0v) is 11.9. The molecule has 0 fully saturated rings. The zero-order chi connectivity index (χ0) is 13.1. The van der Waals surface area contributed by atoms with E-state index in [2.05, 4.69) is 43.1 Å². The maximum absolute atomic E-state index is 10.2. The smallest absolute Gasteiger partial charge is 0.0940 e. The van der Waals surface area contributed by atoms with Gasteiger partial charge in [0.15, 0.2) is 0 Å². The maximum atomic E-state index is 10.2. The molecular formula is C15H19NOS. The Kier molecular flexibility index (Phi) is 4.15. The van der Waals surface area contributed by atoms with E-state index < -0.39 is 6.10 Å². The zero-order valence-electron chi connectivity index (χ0n) is 11.1. The van der Waals surface area contributed by atoms with E-state index in [1.165, 1.54) is 22.5 Å². The van der Waals surface area contributed by atoms with Crippen molar-refractivity contribution in [1.29, 1.82) is 0 Å². The lowest BCUT2D eigenvalue weighted by atomic mass is 9.99. The van der Waals surface area contributed by atoms with Crippen LogP contribution in [0.4, 0.5) is 0 Å². The topological polar surface area (TPSA) is 33.1 Å². The Morgan fingerprint density at radius 1 is 1.22 bits per heavy atom. The Morgan fingerprint density at radius 3 is 2.39 bits per heavy atom. The summed E-state index contributed by atoms with van der Waals surface area (Å²) < 4.78 is 0. The van der Waals surface area contributed by atoms with Crippen LogP contribution in [0.15, 0.2) is 29.8 Å². The lowest BCUT2D eigenvalue weighted by molar-refractivity contribution is 0.181. The Balaban J connectivity index is 2.08. The Hall–Kier alpha value is -1.19. The molecular weight excluding hydrogens is 242 g/mol. The number of hydrogen-bond donors (Lipinski definition) is 1. The van der Waals surface area contributed by atoms with E-state index in [1.807, 2.05) is 6.92 Å². The summed E-state index contributed by atoms with van der Waals surface area (Å²) in [5.74, 6) is 0.549. The van der Waals surface area contributed by atoms with Crippen molar-refractivity contribution in [3.05, 3.63) is 51.5 Å². The first kappa shape index (κ1) is 13.2. The molecule has 0 radical (unpaired) electrons. The number of rotatable bonds is 4. The maximum Gasteiger partial charge on any atom is 0.0940 e. The molecule has 2 aromatic rings. The van der Waals surface area contributed by atoms with E-state index in [0.29, 0.717) is 12.3 Å². The van der Waals surface area contributed by atoms with Crippen molar-refractivity contribution in [1.82, 2.24) is 4.98 Å². The molecule has 18 heavy (non-hydrogen) atoms. The highest BCUT2D eigenvalue weighted by Gasteiger charge is 2.13. The molecule has 0 aliphatic rings. The molecule has 1 atom stereocenters. The van der Waals surface area contributed by atoms with E-state index in [0.717, 1.165) is 10.6 Å². The van der Waals surface area contributed by atoms with E-state index in [9.17, 15) is 5.11 Å². The number of hydrogen-bond acceptors (Lipinski definition) is 3. The summed E-state index contributed by atoms with van der Waals surface area (Å²) in [5, 5.41) is 10.2. The van der Waals surface area contributed by atoms with E-state index in [4.69, 9.17) is 0 Å². The molecule has 1 aromatic heterocycles. The number of aryl methyl sites for hydroxylation is 1. The Morgan fingerprint density at radius 2 is 1.89 bits per heavy atom. The normalized spacial score (nSPS) is 12.9. The standard InChI is InChI=1S/C15H19NOS/c1-10(2)13-6-4-12(5-7-13)8-14(17)15-11(3)16-9-18-15/h4-7,9-10,14,17H,8H2,1-3H3. The van der Waals surface area contributed by atoms with Crippen LogP contribution in [0.25, 0.3) is 0 Å². The van der Waals surface area contributed by atoms with Crippen LogP contribution >= 0.6 is 11.3 Å². The molecule has 0 aliphatic heterocycles. The second kappa shape index (κ2) is 5.63. The van der Waals surface area contributed by atoms with Crippen LogP contribution in [0.2, 0.25) is 0 Å². The van der Waals surface area contributed by atoms with Crippen LogP contribution < -0.4 is 0 Å². The van der Waals surface area contributed by atoms with Crippen molar-refractivity contribution in [2.75, 3.05) is 0 Å². The molecule has 1 aromatic carbocycles. The number of benzene rings is 1. The van der Waals surface area contributed by atoms with Gasteiger partial charge in [-0.05, 0) is 24.0 Å². The highest BCUT2D eigenvalue weighted by atomic mass is 32.1. The lowest BCUT2D eigenvalue weighted by Crippen LogP contribution is -2.01. The van der Waals surface area contributed by atoms with Crippen molar-refractivity contribution in [2.24, 2.45) is 0 Å². The number of aliphatic hydroxyl groups excluding tert-OH is 1. The van der Waals surface area contributed by atoms with Gasteiger partial charge in [0, 0.05) is 6.42 Å². The molecule has 0 aliphatic carbocycles. The molecule has 0 saturated heterocycles. The van der Waals surface area contributed by atoms with Crippen molar-refractivity contribution in [3.63, 3.8) is 0 Å². The van der Waals surface area contributed by atoms with Gasteiger partial charge in [-0.15, -0.1) is 11.3 Å². The second-order valence-corrected chi connectivity index (χ2v) is 5.80. The van der Waals surface area contributed by atoms with Crippen LogP contribution in [-0.4, -0.2) is 10.1 Å². The minimum atomic E-state index is -0.442. The van der Waals surface area contributed by atoms with Gasteiger partial charge in [0.25, 0.3) is 0 Å². The largest absolute Gasteiger partial charge is 0.387 e. The number of thiazole rings is 1. The first-order chi connectivity index (χ1) is 8.58. The predicted molar refractivity (Wildman–Crippen MR) is 76.0 cm³/mol. The Labute approximate surface area is 112 Å². The number of nitrogens with zero attached hydrogens (tertiary/aromatic N) is 1. The van der Waals surface area contributed by atoms with Crippen LogP contribution in [0.3, 0.4) is 0 Å². The van der Waals surface area contributed by atoms with Crippen LogP contribution in [-0.2, 0) is 6.42 Å². The van der Waals surface area contributed by atoms with Crippen LogP contribution in [0.1, 0.15) is 47.6 Å². The minimum absolute atomic E-state index is 0.442. The third-order valence-electron chi connectivity index (χ3n) is 3.16. The summed E-state index contributed by atoms with van der Waals surface area (Å²) in [7, 11) is 0. The van der Waals surface area contributed by atoms with Gasteiger partial charge in [-0.1, -0.05) is 38.1 Å². The van der Waals surface area contributed by atoms with Gasteiger partial charge < -0.3 is 5.11 Å². The summed E-state index contributed by atoms with van der Waals surface area (Å²) in [4.78, 5) is 5.15. The first-order valence-corrected chi connectivity index (χ1v) is 7.12. The summed E-state index contributed by atoms with van der Waals surface area (Å²) in [6, 6.07) is 8.50. The molecule has 1 unspecified atom stereocenters. The SMILES string of the molecule is Cc1ncsc1C(O)Cc1ccc(C(C)C)cc1. The highest BCUT2D eigenvalue weighted by Crippen LogP contribution is 2.25. The molecule has 0 saturated carbocycles. The van der Waals surface area contributed by atoms with Gasteiger partial charge in [0.05, 0.1) is 22.2 Å². The summed E-state index contributed by atoms with van der Waals surface area (Å²) in [5.41, 5.74) is 5.23. The molecule has 0 bridgehead atoms. The van der Waals surface area contributed by atoms with Crippen LogP contribution in [0, 0.1) is 6.92 Å². The second-order valence-electron chi connectivity index (χ2n) is 4.92. The predicted octanol–water partition coefficient (Wildman–Crippen LogP) is 3.85. The van der Waals surface area contributed by atoms with Crippen LogP contribution in [0.5, 0.6) is 0 Å². The van der Waals surface area contributed by atoms with Crippen molar-refractivity contribution < 1.29 is 5.11 Å². The van der Waals surface area contributed by atoms with Gasteiger partial charge in [-0.2, -0.15) is 0 Å². The van der Waals surface area contributed by atoms with E-state index in [-0.39, 0.29) is 0 Å². The van der Waals surface area contributed by atoms with E-state index in [1.54, 1.807) is 5.51 Å².